The van der Waals surface area contributed by atoms with E-state index in [2.05, 4.69) is 223 Å². The van der Waals surface area contributed by atoms with Gasteiger partial charge in [-0.3, -0.25) is 0 Å². The van der Waals surface area contributed by atoms with Crippen LogP contribution >= 0.6 is 0 Å². The van der Waals surface area contributed by atoms with Gasteiger partial charge in [0.25, 0.3) is 0 Å². The number of methoxy groups -OCH3 is 1. The van der Waals surface area contributed by atoms with E-state index >= 15 is 0 Å². The summed E-state index contributed by atoms with van der Waals surface area (Å²) in [6.45, 7) is 16.2. The van der Waals surface area contributed by atoms with Gasteiger partial charge in [0.05, 0.1) is 12.8 Å². The largest absolute Gasteiger partial charge is 0.496 e. The molecule has 0 bridgehead atoms. The predicted molar refractivity (Wildman–Crippen MR) is 274 cm³/mol. The average Bonchev–Trinajstić information content (AvgIpc) is 3.52. The summed E-state index contributed by atoms with van der Waals surface area (Å²) in [5.74, 6) is 0.832. The second kappa shape index (κ2) is 15.0. The Morgan fingerprint density at radius 1 is 0.453 bits per heavy atom. The smallest absolute Gasteiger partial charge is 0.243 e. The molecule has 64 heavy (non-hydrogen) atoms. The zero-order valence-corrected chi connectivity index (χ0v) is 38.1. The van der Waals surface area contributed by atoms with Gasteiger partial charge in [-0.1, -0.05) is 192 Å². The van der Waals surface area contributed by atoms with E-state index in [1.54, 1.807) is 0 Å². The van der Waals surface area contributed by atoms with Gasteiger partial charge in [0.2, 0.25) is 6.71 Å². The molecular formula is C61H52BNO. The maximum absolute atomic E-state index is 6.47. The van der Waals surface area contributed by atoms with Crippen LogP contribution in [0.4, 0.5) is 17.1 Å². The molecule has 1 aliphatic carbocycles. The molecule has 0 spiro atoms. The first-order valence-corrected chi connectivity index (χ1v) is 22.7. The molecule has 3 heteroatoms. The van der Waals surface area contributed by atoms with E-state index in [9.17, 15) is 0 Å². The van der Waals surface area contributed by atoms with Crippen molar-refractivity contribution in [2.24, 2.45) is 0 Å². The van der Waals surface area contributed by atoms with Crippen molar-refractivity contribution in [2.75, 3.05) is 12.0 Å². The van der Waals surface area contributed by atoms with E-state index in [1.165, 1.54) is 99.5 Å². The quantitative estimate of drug-likeness (QED) is 0.148. The minimum atomic E-state index is -0.142. The van der Waals surface area contributed by atoms with Crippen molar-refractivity contribution in [3.05, 3.63) is 209 Å². The SMILES string of the molecule is COc1cc(N(c2ccc3c(c2)C(C)(C)c2ccccc2-3)c2ccccc2-c2ccccc2)ccc1-c1ccc2c3c(cccc13)-c1cc(C)cc(C)c1B2c1c(C)cc(C)cc1C. The van der Waals surface area contributed by atoms with Gasteiger partial charge in [0.1, 0.15) is 5.75 Å². The predicted octanol–water partition coefficient (Wildman–Crippen LogP) is 14.0. The third-order valence-corrected chi connectivity index (χ3v) is 14.3. The van der Waals surface area contributed by atoms with Gasteiger partial charge < -0.3 is 9.64 Å². The fourth-order valence-corrected chi connectivity index (χ4v) is 11.7. The number of anilines is 3. The minimum Gasteiger partial charge on any atom is -0.496 e. The van der Waals surface area contributed by atoms with Crippen molar-refractivity contribution in [1.82, 2.24) is 0 Å². The molecule has 0 saturated heterocycles. The number of para-hydroxylation sites is 1. The number of ether oxygens (including phenoxy) is 1. The van der Waals surface area contributed by atoms with E-state index in [-0.39, 0.29) is 12.1 Å². The molecule has 11 rings (SSSR count). The second-order valence-corrected chi connectivity index (χ2v) is 18.7. The Balaban J connectivity index is 1.11. The van der Waals surface area contributed by atoms with Gasteiger partial charge in [-0.25, -0.2) is 0 Å². The molecule has 0 radical (unpaired) electrons. The van der Waals surface area contributed by atoms with Crippen LogP contribution in [-0.2, 0) is 5.41 Å². The molecule has 0 saturated carbocycles. The summed E-state index contributed by atoms with van der Waals surface area (Å²) >= 11 is 0. The third-order valence-electron chi connectivity index (χ3n) is 14.3. The normalized spacial score (nSPS) is 13.1. The van der Waals surface area contributed by atoms with E-state index in [4.69, 9.17) is 4.74 Å². The summed E-state index contributed by atoms with van der Waals surface area (Å²) in [7, 11) is 1.81. The molecule has 310 valence electrons. The Morgan fingerprint density at radius 2 is 1.05 bits per heavy atom. The highest BCUT2D eigenvalue weighted by atomic mass is 16.5. The van der Waals surface area contributed by atoms with Crippen LogP contribution in [0.1, 0.15) is 52.8 Å². The molecule has 2 nitrogen and oxygen atoms in total. The number of benzene rings is 9. The van der Waals surface area contributed by atoms with Gasteiger partial charge in [-0.15, -0.1) is 0 Å². The van der Waals surface area contributed by atoms with Crippen molar-refractivity contribution >= 4 is 50.9 Å². The fourth-order valence-electron chi connectivity index (χ4n) is 11.7. The zero-order valence-electron chi connectivity index (χ0n) is 38.1. The van der Waals surface area contributed by atoms with Gasteiger partial charge in [-0.2, -0.15) is 0 Å². The van der Waals surface area contributed by atoms with Crippen LogP contribution in [0.15, 0.2) is 170 Å². The Morgan fingerprint density at radius 3 is 1.80 bits per heavy atom. The highest BCUT2D eigenvalue weighted by Gasteiger charge is 2.37. The van der Waals surface area contributed by atoms with Crippen LogP contribution in [-0.4, -0.2) is 13.8 Å². The highest BCUT2D eigenvalue weighted by molar-refractivity contribution is 6.99. The lowest BCUT2D eigenvalue weighted by molar-refractivity contribution is 0.416. The molecule has 0 unspecified atom stereocenters. The second-order valence-electron chi connectivity index (χ2n) is 18.7. The first-order chi connectivity index (χ1) is 31.0. The Hall–Kier alpha value is -7.10. The third kappa shape index (κ3) is 6.09. The molecule has 0 atom stereocenters. The number of aryl methyl sites for hydroxylation is 5. The number of hydrogen-bond acceptors (Lipinski definition) is 2. The summed E-state index contributed by atoms with van der Waals surface area (Å²) in [6, 6.07) is 63.3. The van der Waals surface area contributed by atoms with Crippen LogP contribution in [0, 0.1) is 34.6 Å². The topological polar surface area (TPSA) is 12.5 Å². The van der Waals surface area contributed by atoms with Crippen LogP contribution in [0.25, 0.3) is 55.3 Å². The molecule has 9 aromatic rings. The van der Waals surface area contributed by atoms with E-state index in [0.29, 0.717) is 0 Å². The molecule has 2 aliphatic rings. The lowest BCUT2D eigenvalue weighted by Gasteiger charge is -2.32. The lowest BCUT2D eigenvalue weighted by Crippen LogP contribution is -2.57. The van der Waals surface area contributed by atoms with Crippen molar-refractivity contribution in [1.29, 1.82) is 0 Å². The van der Waals surface area contributed by atoms with Crippen molar-refractivity contribution < 1.29 is 4.74 Å². The summed E-state index contributed by atoms with van der Waals surface area (Å²) in [5.41, 5.74) is 26.5. The van der Waals surface area contributed by atoms with Crippen LogP contribution in [0.3, 0.4) is 0 Å². The van der Waals surface area contributed by atoms with Crippen molar-refractivity contribution in [3.63, 3.8) is 0 Å². The number of hydrogen-bond donors (Lipinski definition) is 0. The number of nitrogens with zero attached hydrogens (tertiary/aromatic N) is 1. The molecule has 0 N–H and O–H groups in total. The Bertz CT molecular complexity index is 3340. The average molecular weight is 826 g/mol. The van der Waals surface area contributed by atoms with Gasteiger partial charge in [-0.05, 0) is 120 Å². The fraction of sp³-hybridized carbons (Fsp3) is 0.148. The summed E-state index contributed by atoms with van der Waals surface area (Å²) in [6.07, 6.45) is 0. The first kappa shape index (κ1) is 39.7. The van der Waals surface area contributed by atoms with Crippen molar-refractivity contribution in [3.8, 4) is 50.3 Å². The molecule has 0 aromatic heterocycles. The standard InChI is InChI=1S/C61H52BNO/c1-37-31-39(3)59(40(4)32-37)62-55-30-29-46(50-21-16-22-51(58(50)55)52-34-38(2)33-41(5)60(52)62)49-28-26-44(36-57(49)64-8)63(56-24-15-13-19-45(56)42-17-10-9-11-18-42)43-25-27-48-47-20-12-14-23-53(47)61(6,7)54(48)35-43/h9-36H,1-8H3. The molecule has 1 heterocycles. The highest BCUT2D eigenvalue weighted by Crippen LogP contribution is 2.52. The summed E-state index contributed by atoms with van der Waals surface area (Å²) in [5, 5.41) is 2.57. The molecule has 1 aliphatic heterocycles. The zero-order chi connectivity index (χ0) is 44.0. The Kier molecular flexibility index (Phi) is 9.33. The van der Waals surface area contributed by atoms with E-state index in [0.717, 1.165) is 33.9 Å². The monoisotopic (exact) mass is 825 g/mol. The van der Waals surface area contributed by atoms with Gasteiger partial charge >= 0.3 is 0 Å². The van der Waals surface area contributed by atoms with E-state index < -0.39 is 0 Å². The summed E-state index contributed by atoms with van der Waals surface area (Å²) in [4.78, 5) is 2.42. The molecule has 0 amide bonds. The minimum absolute atomic E-state index is 0.121. The maximum atomic E-state index is 6.47. The first-order valence-electron chi connectivity index (χ1n) is 22.7. The Labute approximate surface area is 378 Å². The van der Waals surface area contributed by atoms with Crippen LogP contribution in [0.2, 0.25) is 0 Å². The van der Waals surface area contributed by atoms with Gasteiger partial charge in [0, 0.05) is 34.0 Å². The number of fused-ring (bicyclic) bond motifs is 5. The number of rotatable bonds is 7. The molecule has 9 aromatic carbocycles. The van der Waals surface area contributed by atoms with Crippen LogP contribution < -0.4 is 26.0 Å². The lowest BCUT2D eigenvalue weighted by atomic mass is 9.32. The van der Waals surface area contributed by atoms with Crippen LogP contribution in [0.5, 0.6) is 5.75 Å². The molecular weight excluding hydrogens is 773 g/mol. The maximum Gasteiger partial charge on any atom is 0.243 e. The van der Waals surface area contributed by atoms with Crippen molar-refractivity contribution in [2.45, 2.75) is 53.9 Å². The molecule has 0 fully saturated rings. The van der Waals surface area contributed by atoms with Gasteiger partial charge in [0.15, 0.2) is 0 Å². The summed E-state index contributed by atoms with van der Waals surface area (Å²) < 4.78 is 6.47. The van der Waals surface area contributed by atoms with E-state index in [1.807, 2.05) is 7.11 Å².